The van der Waals surface area contributed by atoms with Crippen LogP contribution >= 0.6 is 0 Å². The minimum Gasteiger partial charge on any atom is -0.748 e. The molecular formula is C23H18FeN2O3-6. The van der Waals surface area contributed by atoms with Crippen LogP contribution in [0.25, 0.3) is 22.3 Å². The molecule has 5 nitrogen and oxygen atoms in total. The van der Waals surface area contributed by atoms with E-state index in [1.807, 2.05) is 72.8 Å². The first kappa shape index (κ1) is 21.8. The molecular weight excluding hydrogens is 408 g/mol. The van der Waals surface area contributed by atoms with Crippen molar-refractivity contribution < 1.29 is 26.8 Å². The molecule has 0 heterocycles. The van der Waals surface area contributed by atoms with Crippen LogP contribution < -0.4 is 5.73 Å². The molecule has 0 bridgehead atoms. The first-order valence-corrected chi connectivity index (χ1v) is 8.65. The second-order valence-electron chi connectivity index (χ2n) is 6.00. The first-order valence-electron chi connectivity index (χ1n) is 8.65. The van der Waals surface area contributed by atoms with Gasteiger partial charge in [0.25, 0.3) is 11.6 Å². The summed E-state index contributed by atoms with van der Waals surface area (Å²) >= 11 is 0. The van der Waals surface area contributed by atoms with Gasteiger partial charge >= 0.3 is 0 Å². The number of benzene rings is 2. The Labute approximate surface area is 179 Å². The summed E-state index contributed by atoms with van der Waals surface area (Å²) < 4.78 is 0. The Balaban J connectivity index is 0.000000437. The second-order valence-corrected chi connectivity index (χ2v) is 6.00. The zero-order valence-corrected chi connectivity index (χ0v) is 16.4. The molecule has 1 amide bonds. The summed E-state index contributed by atoms with van der Waals surface area (Å²) in [7, 11) is 0. The Morgan fingerprint density at radius 2 is 1.41 bits per heavy atom. The molecule has 0 aliphatic heterocycles. The van der Waals surface area contributed by atoms with Gasteiger partial charge in [0.15, 0.2) is 0 Å². The van der Waals surface area contributed by atoms with Crippen LogP contribution in [0.4, 0.5) is 5.69 Å². The molecule has 0 saturated carbocycles. The van der Waals surface area contributed by atoms with Crippen molar-refractivity contribution >= 4 is 11.6 Å². The van der Waals surface area contributed by atoms with Gasteiger partial charge in [0.05, 0.1) is 4.92 Å². The molecule has 2 N–H and O–H groups in total. The SMILES string of the molecule is NC(=O)c1cccc(-c2ccccc2-[c-]2cccc2)c1[N+](=O)[O-].[Fe].[cH-]1[cH-][cH-][cH-][cH-]1. The maximum absolute atomic E-state index is 11.5. The van der Waals surface area contributed by atoms with Gasteiger partial charge < -0.3 is 36.1 Å². The number of rotatable bonds is 4. The molecule has 0 unspecified atom stereocenters. The summed E-state index contributed by atoms with van der Waals surface area (Å²) in [5.74, 6) is -0.815. The molecule has 29 heavy (non-hydrogen) atoms. The fourth-order valence-corrected chi connectivity index (χ4v) is 3.00. The van der Waals surface area contributed by atoms with E-state index in [1.165, 1.54) is 6.07 Å². The Hall–Kier alpha value is -3.47. The van der Waals surface area contributed by atoms with E-state index in [4.69, 9.17) is 5.73 Å². The molecule has 152 valence electrons. The van der Waals surface area contributed by atoms with Crippen LogP contribution in [0.2, 0.25) is 0 Å². The Bertz CT molecular complexity index is 1050. The first-order chi connectivity index (χ1) is 13.6. The average Bonchev–Trinajstić information content (AvgIpc) is 3.43. The minimum absolute atomic E-state index is 0. The topological polar surface area (TPSA) is 86.2 Å². The molecule has 6 heteroatoms. The number of nitrogens with zero attached hydrogens (tertiary/aromatic N) is 1. The van der Waals surface area contributed by atoms with E-state index in [0.717, 1.165) is 11.1 Å². The quantitative estimate of drug-likeness (QED) is 0.212. The zero-order chi connectivity index (χ0) is 19.9. The number of nitro benzene ring substituents is 1. The summed E-state index contributed by atoms with van der Waals surface area (Å²) in [4.78, 5) is 22.5. The van der Waals surface area contributed by atoms with Crippen molar-refractivity contribution in [2.75, 3.05) is 0 Å². The van der Waals surface area contributed by atoms with Gasteiger partial charge in [-0.1, -0.05) is 41.5 Å². The van der Waals surface area contributed by atoms with E-state index in [2.05, 4.69) is 0 Å². The third kappa shape index (κ3) is 5.08. The van der Waals surface area contributed by atoms with Crippen LogP contribution in [0.1, 0.15) is 10.4 Å². The van der Waals surface area contributed by atoms with E-state index < -0.39 is 10.8 Å². The van der Waals surface area contributed by atoms with Gasteiger partial charge in [0, 0.05) is 22.6 Å². The number of hydrogen-bond acceptors (Lipinski definition) is 3. The number of nitrogens with two attached hydrogens (primary N) is 1. The Kier molecular flexibility index (Phi) is 7.66. The van der Waals surface area contributed by atoms with Gasteiger partial charge in [-0.2, -0.15) is 12.1 Å². The summed E-state index contributed by atoms with van der Waals surface area (Å²) in [6.07, 6.45) is 0. The van der Waals surface area contributed by atoms with Crippen molar-refractivity contribution in [1.82, 2.24) is 0 Å². The van der Waals surface area contributed by atoms with Crippen molar-refractivity contribution in [3.8, 4) is 22.3 Å². The van der Waals surface area contributed by atoms with Gasteiger partial charge in [-0.3, -0.25) is 14.9 Å². The number of hydrogen-bond donors (Lipinski definition) is 1. The number of carbonyl (C=O) groups is 1. The van der Waals surface area contributed by atoms with Crippen LogP contribution in [-0.4, -0.2) is 10.8 Å². The van der Waals surface area contributed by atoms with E-state index in [0.29, 0.717) is 11.1 Å². The molecule has 0 atom stereocenters. The number of para-hydroxylation sites is 1. The van der Waals surface area contributed by atoms with E-state index >= 15 is 0 Å². The largest absolute Gasteiger partial charge is 0.748 e. The maximum Gasteiger partial charge on any atom is 0.282 e. The predicted octanol–water partition coefficient (Wildman–Crippen LogP) is 5.15. The molecule has 0 aliphatic rings. The summed E-state index contributed by atoms with van der Waals surface area (Å²) in [6, 6.07) is 29.6. The second kappa shape index (κ2) is 10.2. The molecule has 0 saturated heterocycles. The van der Waals surface area contributed by atoms with Crippen LogP contribution in [0.3, 0.4) is 0 Å². The minimum atomic E-state index is -0.815. The van der Waals surface area contributed by atoms with E-state index in [9.17, 15) is 14.9 Å². The third-order valence-electron chi connectivity index (χ3n) is 4.23. The zero-order valence-electron chi connectivity index (χ0n) is 15.3. The van der Waals surface area contributed by atoms with Crippen LogP contribution in [-0.2, 0) is 17.1 Å². The summed E-state index contributed by atoms with van der Waals surface area (Å²) in [5, 5.41) is 11.5. The van der Waals surface area contributed by atoms with Crippen molar-refractivity contribution in [1.29, 1.82) is 0 Å². The standard InChI is InChI=1S/C18H13N2O3.C5H5.Fe/c19-18(21)16-11-5-10-15(17(16)20(22)23)14-9-4-3-8-13(14)12-6-1-2-7-12;1-2-4-5-3-1;/h1-11H,(H2,19,21);1-5H;/q-1;-5;. The number of nitro groups is 1. The van der Waals surface area contributed by atoms with Gasteiger partial charge in [0.2, 0.25) is 0 Å². The number of amides is 1. The number of primary amides is 1. The van der Waals surface area contributed by atoms with Crippen molar-refractivity contribution in [3.63, 3.8) is 0 Å². The number of carbonyl (C=O) groups excluding carboxylic acids is 1. The average molecular weight is 426 g/mol. The van der Waals surface area contributed by atoms with Gasteiger partial charge in [0.1, 0.15) is 5.56 Å². The maximum atomic E-state index is 11.5. The molecule has 4 rings (SSSR count). The van der Waals surface area contributed by atoms with Crippen molar-refractivity contribution in [2.24, 2.45) is 5.73 Å². The van der Waals surface area contributed by atoms with Gasteiger partial charge in [-0.15, -0.1) is 23.8 Å². The fraction of sp³-hybridized carbons (Fsp3) is 0. The fourth-order valence-electron chi connectivity index (χ4n) is 3.00. The Morgan fingerprint density at radius 1 is 0.862 bits per heavy atom. The molecule has 0 fully saturated rings. The smallest absolute Gasteiger partial charge is 0.282 e. The van der Waals surface area contributed by atoms with Crippen LogP contribution in [0, 0.1) is 10.1 Å². The van der Waals surface area contributed by atoms with Gasteiger partial charge in [-0.05, 0) is 6.07 Å². The molecule has 0 spiro atoms. The monoisotopic (exact) mass is 426 g/mol. The predicted molar refractivity (Wildman–Crippen MR) is 110 cm³/mol. The van der Waals surface area contributed by atoms with Crippen molar-refractivity contribution in [3.05, 3.63) is 113 Å². The van der Waals surface area contributed by atoms with E-state index in [1.54, 1.807) is 18.2 Å². The van der Waals surface area contributed by atoms with Crippen molar-refractivity contribution in [2.45, 2.75) is 0 Å². The van der Waals surface area contributed by atoms with Crippen LogP contribution in [0.15, 0.2) is 97.1 Å². The van der Waals surface area contributed by atoms with Crippen LogP contribution in [0.5, 0.6) is 0 Å². The molecule has 0 aliphatic carbocycles. The van der Waals surface area contributed by atoms with E-state index in [-0.39, 0.29) is 28.3 Å². The molecule has 0 radical (unpaired) electrons. The Morgan fingerprint density at radius 3 is 1.97 bits per heavy atom. The molecule has 4 aromatic rings. The third-order valence-corrected chi connectivity index (χ3v) is 4.23. The summed E-state index contributed by atoms with van der Waals surface area (Å²) in [5.41, 5.74) is 7.82. The molecule has 4 aromatic carbocycles. The normalized spacial score (nSPS) is 9.66. The summed E-state index contributed by atoms with van der Waals surface area (Å²) in [6.45, 7) is 0. The van der Waals surface area contributed by atoms with Gasteiger partial charge in [-0.25, -0.2) is 0 Å². The molecule has 0 aromatic heterocycles.